The molecule has 632 valence electrons. The Labute approximate surface area is 712 Å². The number of hydrogen-bond acceptors (Lipinski definition) is 20. The van der Waals surface area contributed by atoms with E-state index in [2.05, 4.69) is 58.0 Å². The van der Waals surface area contributed by atoms with Gasteiger partial charge in [-0.05, 0) is 233 Å². The lowest BCUT2D eigenvalue weighted by molar-refractivity contribution is -0.00430. The average molecular weight is 1660 g/mol. The zero-order chi connectivity index (χ0) is 86.7. The van der Waals surface area contributed by atoms with E-state index in [9.17, 15) is 38.4 Å². The number of ketones is 4. The molecule has 0 saturated carbocycles. The van der Waals surface area contributed by atoms with Crippen molar-refractivity contribution in [1.29, 1.82) is 0 Å². The number of nitrogens with zero attached hydrogens (tertiary/aromatic N) is 4. The summed E-state index contributed by atoms with van der Waals surface area (Å²) in [5.74, 6) is 0.470. The first-order chi connectivity index (χ1) is 57.6. The standard InChI is InChI=1S/C27H27NO3S.C23H30N2O2.C22H21O4P.C15H21NO2.C12H16O4/c1-2-3-4-11-16-25(28-31-27(30)22-12-7-5-8-13-22)26(29)21-17-19-24(20-18-21)32-23-14-9-6-10-15-23;1-4-23(24(2)3,18-19-8-6-5-7-9-19)22(26)20-10-12-21(13-11-20)25-14-16-27-17-15-25;1-16-14-17(2)21(18(3)15-16)22(23)27(24,25-19-10-6-4-7-11-19)26-20-12-8-5-9-13-20;1-12-4-6-13(7-5-12)14(17)15(2,3)16-8-10-18-11-9-16;1-12(2,15)11(14)9-3-5-10(6-4-9)16-8-7-13/h5-10,12-15,17-20H,2-4,11,16H2,1H3;5-13H,4,14-18H2,1-3H3;4-15H,1-3H3;4-7H,8-11H2,1-3H3;3-6,13,15H,7-8H2,1-2H3/b28-25+;;;;. The summed E-state index contributed by atoms with van der Waals surface area (Å²) in [6.45, 7) is 25.3. The van der Waals surface area contributed by atoms with Crippen LogP contribution < -0.4 is 18.7 Å². The van der Waals surface area contributed by atoms with E-state index in [1.807, 2.05) is 183 Å². The molecule has 10 aromatic carbocycles. The predicted octanol–water partition coefficient (Wildman–Crippen LogP) is 20.3. The number of aryl methyl sites for hydroxylation is 4. The highest BCUT2D eigenvalue weighted by Gasteiger charge is 2.42. The molecule has 12 rings (SSSR count). The fourth-order valence-corrected chi connectivity index (χ4v) is 16.0. The van der Waals surface area contributed by atoms with Gasteiger partial charge in [-0.1, -0.05) is 201 Å². The highest BCUT2D eigenvalue weighted by atomic mass is 32.2. The summed E-state index contributed by atoms with van der Waals surface area (Å²) in [6, 6.07) is 79.7. The van der Waals surface area contributed by atoms with Gasteiger partial charge in [0.2, 0.25) is 5.78 Å². The van der Waals surface area contributed by atoms with E-state index >= 15 is 0 Å². The van der Waals surface area contributed by atoms with Gasteiger partial charge in [0.25, 0.3) is 5.52 Å². The number of carbonyl (C=O) groups is 6. The monoisotopic (exact) mass is 1660 g/mol. The normalized spacial score (nSPS) is 13.5. The summed E-state index contributed by atoms with van der Waals surface area (Å²) in [5, 5.41) is 22.1. The van der Waals surface area contributed by atoms with Crippen molar-refractivity contribution in [2.45, 2.75) is 141 Å². The number of Topliss-reactive ketones (excluding diaryl/α,β-unsaturated/α-hetero) is 4. The Hall–Kier alpha value is -10.8. The van der Waals surface area contributed by atoms with Crippen molar-refractivity contribution in [2.24, 2.45) is 5.16 Å². The van der Waals surface area contributed by atoms with Crippen LogP contribution in [0.25, 0.3) is 0 Å². The SMILES string of the molecule is CC(C)(O)C(=O)c1ccc(OCCO)cc1.CCC(Cc1ccccc1)(C(=O)c1ccc(N2CCOCC2)cc1)N(C)C.CCCCCC/C(=N\OC(=O)c1ccccc1)C(=O)c1ccc(Sc2ccccc2)cc1.Cc1cc(C)c(C(=O)P(=O)(Oc2ccccc2)Oc2ccccc2)c(C)c1.Cc1ccc(C(=O)C(C)(C)N2CCOCC2)cc1. The smallest absolute Gasteiger partial charge is 0.491 e. The van der Waals surface area contributed by atoms with Gasteiger partial charge in [-0.2, -0.15) is 0 Å². The highest BCUT2D eigenvalue weighted by Crippen LogP contribution is 2.52. The van der Waals surface area contributed by atoms with Crippen LogP contribution >= 0.6 is 19.4 Å². The van der Waals surface area contributed by atoms with Crippen LogP contribution in [0.5, 0.6) is 17.2 Å². The molecule has 21 heteroatoms. The van der Waals surface area contributed by atoms with Gasteiger partial charge >= 0.3 is 13.6 Å². The van der Waals surface area contributed by atoms with Crippen LogP contribution in [0.4, 0.5) is 5.69 Å². The molecule has 2 aliphatic rings. The maximum atomic E-state index is 13.6. The number of likely N-dealkylation sites (N-methyl/N-ethyl adjacent to an activating group) is 1. The fraction of sp³-hybridized carbons (Fsp3) is 0.323. The molecule has 2 aliphatic heterocycles. The minimum Gasteiger partial charge on any atom is -0.491 e. The molecule has 0 aromatic heterocycles. The van der Waals surface area contributed by atoms with Gasteiger partial charge < -0.3 is 43.2 Å². The van der Waals surface area contributed by atoms with Crippen molar-refractivity contribution in [3.8, 4) is 17.2 Å². The van der Waals surface area contributed by atoms with E-state index in [4.69, 9.17) is 33.2 Å². The first-order valence-electron chi connectivity index (χ1n) is 40.8. The van der Waals surface area contributed by atoms with E-state index in [1.54, 1.807) is 121 Å². The number of hydrogen-bond donors (Lipinski definition) is 2. The first kappa shape index (κ1) is 94.7. The zero-order valence-corrected chi connectivity index (χ0v) is 72.9. The Morgan fingerprint density at radius 1 is 0.517 bits per heavy atom. The maximum Gasteiger partial charge on any atom is 0.503 e. The molecule has 10 aromatic rings. The molecule has 1 unspecified atom stereocenters. The minimum atomic E-state index is -4.18. The van der Waals surface area contributed by atoms with Crippen molar-refractivity contribution in [2.75, 3.05) is 84.8 Å². The van der Waals surface area contributed by atoms with E-state index in [0.29, 0.717) is 65.6 Å². The van der Waals surface area contributed by atoms with Crippen LogP contribution in [-0.2, 0) is 25.3 Å². The van der Waals surface area contributed by atoms with Crippen LogP contribution in [-0.4, -0.2) is 157 Å². The maximum absolute atomic E-state index is 13.6. The van der Waals surface area contributed by atoms with Crippen LogP contribution in [0.3, 0.4) is 0 Å². The largest absolute Gasteiger partial charge is 0.503 e. The molecule has 2 N–H and O–H groups in total. The van der Waals surface area contributed by atoms with E-state index < -0.39 is 35.8 Å². The number of aliphatic hydroxyl groups excluding tert-OH is 1. The zero-order valence-electron chi connectivity index (χ0n) is 71.2. The Bertz CT molecular complexity index is 4880. The third-order valence-corrected chi connectivity index (χ3v) is 23.0. The Kier molecular flexibility index (Phi) is 37.3. The summed E-state index contributed by atoms with van der Waals surface area (Å²) in [7, 11) is -0.171. The second-order valence-electron chi connectivity index (χ2n) is 30.5. The van der Waals surface area contributed by atoms with Crippen LogP contribution in [0, 0.1) is 27.7 Å². The third kappa shape index (κ3) is 28.5. The topological polar surface area (TPSA) is 237 Å². The molecule has 0 amide bonds. The summed E-state index contributed by atoms with van der Waals surface area (Å²) < 4.78 is 40.9. The summed E-state index contributed by atoms with van der Waals surface area (Å²) in [5.41, 5.74) is 6.60. The second-order valence-corrected chi connectivity index (χ2v) is 33.4. The molecular formula is C99H115N4O15PS. The molecule has 19 nitrogen and oxygen atoms in total. The number of morpholine rings is 2. The van der Waals surface area contributed by atoms with Crippen molar-refractivity contribution in [1.82, 2.24) is 9.80 Å². The molecule has 0 aliphatic carbocycles. The Balaban J connectivity index is 0.000000191. The number of unbranched alkanes of at least 4 members (excludes halogenated alkanes) is 3. The van der Waals surface area contributed by atoms with Crippen molar-refractivity contribution >= 4 is 65.4 Å². The van der Waals surface area contributed by atoms with Gasteiger partial charge in [0.1, 0.15) is 35.2 Å². The molecule has 0 spiro atoms. The number of anilines is 1. The summed E-state index contributed by atoms with van der Waals surface area (Å²) in [6.07, 6.45) is 5.97. The van der Waals surface area contributed by atoms with Gasteiger partial charge in [-0.25, -0.2) is 9.36 Å². The molecule has 0 radical (unpaired) electrons. The van der Waals surface area contributed by atoms with Crippen molar-refractivity contribution in [3.63, 3.8) is 0 Å². The van der Waals surface area contributed by atoms with Gasteiger partial charge in [-0.3, -0.25) is 33.8 Å². The Morgan fingerprint density at radius 3 is 1.49 bits per heavy atom. The molecule has 2 saturated heterocycles. The molecule has 2 fully saturated rings. The molecule has 120 heavy (non-hydrogen) atoms. The first-order valence-corrected chi connectivity index (χ1v) is 43.1. The lowest BCUT2D eigenvalue weighted by Crippen LogP contribution is -2.54. The highest BCUT2D eigenvalue weighted by molar-refractivity contribution is 7.99. The van der Waals surface area contributed by atoms with Crippen molar-refractivity contribution < 1.29 is 71.6 Å². The van der Waals surface area contributed by atoms with Gasteiger partial charge in [0.15, 0.2) is 17.3 Å². The number of para-hydroxylation sites is 2. The van der Waals surface area contributed by atoms with E-state index in [-0.39, 0.29) is 42.1 Å². The van der Waals surface area contributed by atoms with Crippen LogP contribution in [0.2, 0.25) is 0 Å². The van der Waals surface area contributed by atoms with Crippen LogP contribution in [0.1, 0.15) is 170 Å². The lowest BCUT2D eigenvalue weighted by Gasteiger charge is -2.39. The lowest BCUT2D eigenvalue weighted by atomic mass is 9.80. The fourth-order valence-electron chi connectivity index (χ4n) is 13.5. The molecule has 2 heterocycles. The number of carbonyl (C=O) groups excluding carboxylic acids is 6. The number of oxime groups is 1. The average Bonchev–Trinajstić information content (AvgIpc) is 0.795. The number of benzene rings is 10. The molecule has 1 atom stereocenters. The summed E-state index contributed by atoms with van der Waals surface area (Å²) >= 11 is 1.64. The Morgan fingerprint density at radius 2 is 0.983 bits per heavy atom. The van der Waals surface area contributed by atoms with Gasteiger partial charge in [-0.15, -0.1) is 0 Å². The van der Waals surface area contributed by atoms with Gasteiger partial charge in [0.05, 0.1) is 49.7 Å². The number of aliphatic hydroxyl groups is 2. The minimum absolute atomic E-state index is 0.0512. The number of ether oxygens (including phenoxy) is 3. The van der Waals surface area contributed by atoms with Gasteiger partial charge in [0, 0.05) is 69.5 Å². The summed E-state index contributed by atoms with van der Waals surface area (Å²) in [4.78, 5) is 90.4. The molecular weight excluding hydrogens is 1550 g/mol. The molecule has 0 bridgehead atoms. The van der Waals surface area contributed by atoms with E-state index in [1.165, 1.54) is 25.0 Å². The second kappa shape index (κ2) is 47.3. The van der Waals surface area contributed by atoms with Crippen LogP contribution in [0.15, 0.2) is 276 Å². The van der Waals surface area contributed by atoms with Crippen molar-refractivity contribution in [3.05, 3.63) is 322 Å². The van der Waals surface area contributed by atoms with E-state index in [0.717, 1.165) is 115 Å². The third-order valence-electron chi connectivity index (χ3n) is 20.4. The quantitative estimate of drug-likeness (QED) is 0.00995. The number of rotatable bonds is 32. The predicted molar refractivity (Wildman–Crippen MR) is 478 cm³/mol.